The predicted molar refractivity (Wildman–Crippen MR) is 111 cm³/mol. The monoisotopic (exact) mass is 489 g/mol. The number of aromatic nitrogens is 2. The maximum absolute atomic E-state index is 13.9. The SMILES string of the molecule is O=C(Nc1cnn(Cc2c(F)cc(F)c(F)c2F)c1)c1ccc(COc2ccc3c(c2)OCO3)o1. The van der Waals surface area contributed by atoms with Gasteiger partial charge in [0.25, 0.3) is 5.91 Å². The van der Waals surface area contributed by atoms with Crippen molar-refractivity contribution in [3.63, 3.8) is 0 Å². The van der Waals surface area contributed by atoms with Gasteiger partial charge in [0.1, 0.15) is 23.9 Å². The number of carbonyl (C=O) groups excluding carboxylic acids is 1. The van der Waals surface area contributed by atoms with Gasteiger partial charge in [-0.3, -0.25) is 9.48 Å². The van der Waals surface area contributed by atoms with Crippen molar-refractivity contribution in [3.8, 4) is 17.2 Å². The molecule has 35 heavy (non-hydrogen) atoms. The van der Waals surface area contributed by atoms with E-state index in [2.05, 4.69) is 10.4 Å². The fourth-order valence-electron chi connectivity index (χ4n) is 3.32. The predicted octanol–water partition coefficient (Wildman–Crippen LogP) is 4.64. The first-order chi connectivity index (χ1) is 16.9. The highest BCUT2D eigenvalue weighted by atomic mass is 19.2. The minimum Gasteiger partial charge on any atom is -0.486 e. The molecule has 1 aliphatic heterocycles. The third-order valence-electron chi connectivity index (χ3n) is 5.03. The van der Waals surface area contributed by atoms with E-state index in [1.807, 2.05) is 0 Å². The van der Waals surface area contributed by atoms with Gasteiger partial charge in [0.05, 0.1) is 18.4 Å². The molecule has 1 N–H and O–H groups in total. The quantitative estimate of drug-likeness (QED) is 0.231. The summed E-state index contributed by atoms with van der Waals surface area (Å²) in [5, 5.41) is 6.39. The van der Waals surface area contributed by atoms with Crippen molar-refractivity contribution in [2.24, 2.45) is 0 Å². The number of ether oxygens (including phenoxy) is 3. The third kappa shape index (κ3) is 4.63. The Hall–Kier alpha value is -4.48. The van der Waals surface area contributed by atoms with Crippen LogP contribution < -0.4 is 19.5 Å². The number of rotatable bonds is 7. The van der Waals surface area contributed by atoms with Gasteiger partial charge in [-0.1, -0.05) is 0 Å². The van der Waals surface area contributed by atoms with E-state index in [1.165, 1.54) is 18.5 Å². The van der Waals surface area contributed by atoms with Gasteiger partial charge in [-0.15, -0.1) is 0 Å². The summed E-state index contributed by atoms with van der Waals surface area (Å²) in [6.07, 6.45) is 2.49. The van der Waals surface area contributed by atoms with Gasteiger partial charge in [-0.25, -0.2) is 17.6 Å². The molecule has 0 radical (unpaired) electrons. The standard InChI is InChI=1S/C23H15F4N3O5/c24-16-6-17(25)22(27)21(26)15(16)9-30-8-12(7-28-30)29-23(31)19-4-2-14(35-19)10-32-13-1-3-18-20(5-13)34-11-33-18/h1-8H,9-11H2,(H,29,31). The molecule has 0 saturated heterocycles. The molecule has 0 fully saturated rings. The molecule has 1 aliphatic rings. The van der Waals surface area contributed by atoms with Crippen LogP contribution in [0.1, 0.15) is 21.9 Å². The number of halogens is 4. The molecule has 12 heteroatoms. The number of benzene rings is 2. The summed E-state index contributed by atoms with van der Waals surface area (Å²) in [5.74, 6) is -4.83. The number of carbonyl (C=O) groups is 1. The lowest BCUT2D eigenvalue weighted by molar-refractivity contribution is 0.0992. The number of amides is 1. The molecule has 8 nitrogen and oxygen atoms in total. The van der Waals surface area contributed by atoms with E-state index < -0.39 is 41.3 Å². The second-order valence-electron chi connectivity index (χ2n) is 7.40. The van der Waals surface area contributed by atoms with Crippen molar-refractivity contribution in [3.05, 3.63) is 89.1 Å². The lowest BCUT2D eigenvalue weighted by Crippen LogP contribution is -2.11. The average Bonchev–Trinajstić information content (AvgIpc) is 3.60. The Morgan fingerprint density at radius 1 is 1.03 bits per heavy atom. The summed E-state index contributed by atoms with van der Waals surface area (Å²) < 4.78 is 77.0. The van der Waals surface area contributed by atoms with Crippen molar-refractivity contribution < 1.29 is 41.0 Å². The Morgan fingerprint density at radius 2 is 1.86 bits per heavy atom. The molecular weight excluding hydrogens is 474 g/mol. The van der Waals surface area contributed by atoms with E-state index >= 15 is 0 Å². The molecule has 0 saturated carbocycles. The van der Waals surface area contributed by atoms with E-state index in [-0.39, 0.29) is 30.9 Å². The third-order valence-corrected chi connectivity index (χ3v) is 5.03. The van der Waals surface area contributed by atoms with Crippen LogP contribution in [0.3, 0.4) is 0 Å². The van der Waals surface area contributed by atoms with Gasteiger partial charge >= 0.3 is 0 Å². The van der Waals surface area contributed by atoms with Gasteiger partial charge in [0, 0.05) is 23.9 Å². The number of nitrogens with one attached hydrogen (secondary N) is 1. The smallest absolute Gasteiger partial charge is 0.291 e. The number of fused-ring (bicyclic) bond motifs is 1. The van der Waals surface area contributed by atoms with Crippen LogP contribution in [0, 0.1) is 23.3 Å². The molecule has 0 bridgehead atoms. The lowest BCUT2D eigenvalue weighted by Gasteiger charge is -2.07. The zero-order valence-electron chi connectivity index (χ0n) is 17.7. The van der Waals surface area contributed by atoms with Crippen LogP contribution in [0.5, 0.6) is 17.2 Å². The molecule has 0 spiro atoms. The fraction of sp³-hybridized carbons (Fsp3) is 0.130. The molecule has 3 heterocycles. The van der Waals surface area contributed by atoms with E-state index in [0.717, 1.165) is 4.68 Å². The molecule has 0 aliphatic carbocycles. The number of hydrogen-bond donors (Lipinski definition) is 1. The fourth-order valence-corrected chi connectivity index (χ4v) is 3.32. The Morgan fingerprint density at radius 3 is 2.71 bits per heavy atom. The molecule has 2 aromatic carbocycles. The Balaban J connectivity index is 1.19. The van der Waals surface area contributed by atoms with Crippen molar-refractivity contribution in [1.82, 2.24) is 9.78 Å². The second-order valence-corrected chi connectivity index (χ2v) is 7.40. The molecule has 0 atom stereocenters. The van der Waals surface area contributed by atoms with Crippen molar-refractivity contribution >= 4 is 11.6 Å². The van der Waals surface area contributed by atoms with E-state index in [9.17, 15) is 22.4 Å². The number of anilines is 1. The first-order valence-electron chi connectivity index (χ1n) is 10.1. The summed E-state index contributed by atoms with van der Waals surface area (Å²) in [6.45, 7) is -0.323. The summed E-state index contributed by atoms with van der Waals surface area (Å²) in [4.78, 5) is 12.5. The molecule has 1 amide bonds. The Kier molecular flexibility index (Phi) is 5.77. The zero-order valence-corrected chi connectivity index (χ0v) is 17.7. The summed E-state index contributed by atoms with van der Waals surface area (Å²) in [7, 11) is 0. The molecular formula is C23H15F4N3O5. The van der Waals surface area contributed by atoms with Crippen LogP contribution in [0.4, 0.5) is 23.2 Å². The lowest BCUT2D eigenvalue weighted by atomic mass is 10.2. The van der Waals surface area contributed by atoms with Gasteiger partial charge in [-0.05, 0) is 24.3 Å². The van der Waals surface area contributed by atoms with Crippen molar-refractivity contribution in [1.29, 1.82) is 0 Å². The molecule has 4 aromatic rings. The first-order valence-corrected chi connectivity index (χ1v) is 10.1. The molecule has 2 aromatic heterocycles. The van der Waals surface area contributed by atoms with Gasteiger partial charge in [0.2, 0.25) is 6.79 Å². The first kappa shape index (κ1) is 22.3. The summed E-state index contributed by atoms with van der Waals surface area (Å²) >= 11 is 0. The van der Waals surface area contributed by atoms with Crippen molar-refractivity contribution in [2.75, 3.05) is 12.1 Å². The molecule has 5 rings (SSSR count). The van der Waals surface area contributed by atoms with Crippen LogP contribution in [0.25, 0.3) is 0 Å². The maximum Gasteiger partial charge on any atom is 0.291 e. The molecule has 180 valence electrons. The Labute approximate surface area is 194 Å². The van der Waals surface area contributed by atoms with Crippen LogP contribution >= 0.6 is 0 Å². The second kappa shape index (κ2) is 9.05. The van der Waals surface area contributed by atoms with Crippen LogP contribution in [0.15, 0.2) is 53.2 Å². The van der Waals surface area contributed by atoms with Crippen molar-refractivity contribution in [2.45, 2.75) is 13.2 Å². The van der Waals surface area contributed by atoms with Crippen LogP contribution in [-0.4, -0.2) is 22.5 Å². The van der Waals surface area contributed by atoms with E-state index in [1.54, 1.807) is 24.3 Å². The highest BCUT2D eigenvalue weighted by Crippen LogP contribution is 2.35. The maximum atomic E-state index is 13.9. The Bertz CT molecular complexity index is 1420. The summed E-state index contributed by atoms with van der Waals surface area (Å²) in [6, 6.07) is 8.37. The molecule has 0 unspecified atom stereocenters. The van der Waals surface area contributed by atoms with E-state index in [0.29, 0.717) is 23.0 Å². The number of hydrogen-bond acceptors (Lipinski definition) is 6. The minimum atomic E-state index is -1.78. The van der Waals surface area contributed by atoms with Gasteiger partial charge < -0.3 is 23.9 Å². The zero-order chi connectivity index (χ0) is 24.5. The minimum absolute atomic E-state index is 0.0141. The van der Waals surface area contributed by atoms with E-state index in [4.69, 9.17) is 18.6 Å². The summed E-state index contributed by atoms with van der Waals surface area (Å²) in [5.41, 5.74) is -0.518. The highest BCUT2D eigenvalue weighted by molar-refractivity contribution is 6.02. The largest absolute Gasteiger partial charge is 0.486 e. The number of nitrogens with zero attached hydrogens (tertiary/aromatic N) is 2. The van der Waals surface area contributed by atoms with Gasteiger partial charge in [0.15, 0.2) is 34.7 Å². The van der Waals surface area contributed by atoms with Crippen LogP contribution in [0.2, 0.25) is 0 Å². The highest BCUT2D eigenvalue weighted by Gasteiger charge is 2.20. The topological polar surface area (TPSA) is 87.8 Å². The van der Waals surface area contributed by atoms with Gasteiger partial charge in [-0.2, -0.15) is 5.10 Å². The number of furan rings is 1. The van der Waals surface area contributed by atoms with Crippen LogP contribution in [-0.2, 0) is 13.2 Å². The normalized spacial score (nSPS) is 12.1. The average molecular weight is 489 g/mol.